The van der Waals surface area contributed by atoms with Crippen LogP contribution in [0.5, 0.6) is 0 Å². The zero-order valence-electron chi connectivity index (χ0n) is 7.29. The molecule has 4 N–H and O–H groups in total. The first-order chi connectivity index (χ1) is 6.47. The Hall–Kier alpha value is 0.410. The first-order valence-electron chi connectivity index (χ1n) is 3.26. The molecule has 0 amide bonds. The van der Waals surface area contributed by atoms with Gasteiger partial charge in [-0.1, -0.05) is 0 Å². The third kappa shape index (κ3) is 6.80. The zero-order valence-corrected chi connectivity index (χ0v) is 8.97. The Balaban J connectivity index is 4.59. The molecule has 0 spiro atoms. The first kappa shape index (κ1) is 12.5. The van der Waals surface area contributed by atoms with Gasteiger partial charge in [-0.05, 0) is 0 Å². The molecule has 0 saturated carbocycles. The molecule has 14 heavy (non-hydrogen) atoms. The van der Waals surface area contributed by atoms with Crippen LogP contribution in [-0.2, 0) is 26.8 Å². The predicted octanol–water partition coefficient (Wildman–Crippen LogP) is -0.0405. The Morgan fingerprint density at radius 3 is 1.86 bits per heavy atom. The van der Waals surface area contributed by atoms with E-state index in [1.54, 1.807) is 0 Å². The first-order valence-corrected chi connectivity index (χ1v) is 7.07. The molecule has 0 rings (SSSR count). The van der Waals surface area contributed by atoms with Gasteiger partial charge in [0, 0.05) is 7.09 Å². The second kappa shape index (κ2) is 4.51. The van der Waals surface area contributed by atoms with Crippen molar-refractivity contribution in [3.8, 4) is 0 Å². The van der Waals surface area contributed by atoms with Gasteiger partial charge in [-0.2, -0.15) is 8.62 Å². The van der Waals surface area contributed by atoms with Gasteiger partial charge in [0.25, 0.3) is 0 Å². The van der Waals surface area contributed by atoms with Crippen molar-refractivity contribution >= 4 is 23.5 Å². The lowest BCUT2D eigenvalue weighted by molar-refractivity contribution is 0.191. The Kier molecular flexibility index (Phi) is 4.02. The van der Waals surface area contributed by atoms with Gasteiger partial charge in [0.1, 0.15) is 0 Å². The molecule has 13 heteroatoms. The average Bonchev–Trinajstić information content (AvgIpc) is 1.74. The molecule has 0 aromatic rings. The van der Waals surface area contributed by atoms with Crippen LogP contribution in [-0.4, -0.2) is 26.7 Å². The highest BCUT2D eigenvalue weighted by molar-refractivity contribution is 7.66. The van der Waals surface area contributed by atoms with Crippen molar-refractivity contribution in [2.24, 2.45) is 0 Å². The van der Waals surface area contributed by atoms with Crippen molar-refractivity contribution in [2.75, 3.05) is 7.09 Å². The molecule has 10 nitrogen and oxygen atoms in total. The molecule has 0 aliphatic carbocycles. The highest BCUT2D eigenvalue weighted by Crippen LogP contribution is 2.65. The molecule has 0 fully saturated rings. The molecule has 0 bridgehead atoms. The molecule has 0 aromatic heterocycles. The van der Waals surface area contributed by atoms with Gasteiger partial charge in [0.15, 0.2) is 0 Å². The van der Waals surface area contributed by atoms with Crippen LogP contribution in [0.15, 0.2) is 0 Å². The van der Waals surface area contributed by atoms with Crippen LogP contribution in [0.3, 0.4) is 0 Å². The fourth-order valence-electron chi connectivity index (χ4n) is 0.303. The van der Waals surface area contributed by atoms with Crippen molar-refractivity contribution in [1.29, 1.82) is 0 Å². The summed E-state index contributed by atoms with van der Waals surface area (Å²) in [4.78, 5) is 33.3. The molecule has 0 saturated heterocycles. The van der Waals surface area contributed by atoms with Gasteiger partial charge in [0.05, 0.1) is 1.37 Å². The second-order valence-corrected chi connectivity index (χ2v) is 6.14. The third-order valence-corrected chi connectivity index (χ3v) is 4.23. The summed E-state index contributed by atoms with van der Waals surface area (Å²) in [6.07, 6.45) is 0. The minimum Gasteiger partial charge on any atom is -0.302 e. The van der Waals surface area contributed by atoms with Crippen molar-refractivity contribution in [3.05, 3.63) is 0 Å². The molecule has 2 unspecified atom stereocenters. The maximum absolute atomic E-state index is 10.7. The molecule has 0 radical (unpaired) electrons. The zero-order chi connectivity index (χ0) is 12.3. The van der Waals surface area contributed by atoms with E-state index in [0.29, 0.717) is 0 Å². The molecular weight excluding hydrogens is 265 g/mol. The molecule has 86 valence electrons. The van der Waals surface area contributed by atoms with Crippen molar-refractivity contribution < 1.29 is 47.8 Å². The van der Waals surface area contributed by atoms with Gasteiger partial charge in [0.2, 0.25) is 0 Å². The highest BCUT2D eigenvalue weighted by atomic mass is 31.3. The van der Waals surface area contributed by atoms with Crippen LogP contribution in [0.2, 0.25) is 0 Å². The summed E-state index contributed by atoms with van der Waals surface area (Å²) in [7, 11) is -16.9. The Bertz CT molecular complexity index is 343. The van der Waals surface area contributed by atoms with Crippen LogP contribution < -0.4 is 0 Å². The molecule has 0 aliphatic rings. The SMILES string of the molecule is [2H]COP(=O)(O)OP(=O)(O)OP(=O)(O)O. The summed E-state index contributed by atoms with van der Waals surface area (Å²) in [6, 6.07) is 0. The maximum atomic E-state index is 10.7. The van der Waals surface area contributed by atoms with Crippen LogP contribution in [0.4, 0.5) is 0 Å². The van der Waals surface area contributed by atoms with Crippen LogP contribution in [0, 0.1) is 0 Å². The van der Waals surface area contributed by atoms with E-state index < -0.39 is 30.6 Å². The summed E-state index contributed by atoms with van der Waals surface area (Å²) in [5.74, 6) is 0. The average molecular weight is 273 g/mol. The fraction of sp³-hybridized carbons (Fsp3) is 1.00. The predicted molar refractivity (Wildman–Crippen MR) is 40.9 cm³/mol. The third-order valence-electron chi connectivity index (χ3n) is 0.579. The lowest BCUT2D eigenvalue weighted by Crippen LogP contribution is -1.93. The van der Waals surface area contributed by atoms with E-state index in [1.165, 1.54) is 0 Å². The van der Waals surface area contributed by atoms with Crippen LogP contribution in [0.1, 0.15) is 1.37 Å². The summed E-state index contributed by atoms with van der Waals surface area (Å²) < 4.78 is 48.0. The largest absolute Gasteiger partial charge is 0.490 e. The van der Waals surface area contributed by atoms with Crippen LogP contribution in [0.25, 0.3) is 0 Å². The van der Waals surface area contributed by atoms with Crippen LogP contribution >= 0.6 is 23.5 Å². The second-order valence-electron chi connectivity index (χ2n) is 1.72. The van der Waals surface area contributed by atoms with E-state index in [1.807, 2.05) is 0 Å². The number of hydrogen-bond donors (Lipinski definition) is 4. The molecule has 0 aliphatic heterocycles. The highest BCUT2D eigenvalue weighted by Gasteiger charge is 2.39. The van der Waals surface area contributed by atoms with Crippen molar-refractivity contribution in [1.82, 2.24) is 0 Å². The topological polar surface area (TPSA) is 160 Å². The van der Waals surface area contributed by atoms with E-state index in [0.717, 1.165) is 0 Å². The molecule has 0 heterocycles. The summed E-state index contributed by atoms with van der Waals surface area (Å²) in [6.45, 7) is 0. The summed E-state index contributed by atoms with van der Waals surface area (Å²) in [5.41, 5.74) is 0. The number of hydrogen-bond acceptors (Lipinski definition) is 6. The minimum atomic E-state index is -5.45. The number of phosphoric acid groups is 3. The van der Waals surface area contributed by atoms with Gasteiger partial charge in [-0.25, -0.2) is 13.7 Å². The number of phosphoric ester groups is 1. The minimum absolute atomic E-state index is 1.07. The molecule has 2 atom stereocenters. The smallest absolute Gasteiger partial charge is 0.302 e. The van der Waals surface area contributed by atoms with Crippen molar-refractivity contribution in [3.63, 3.8) is 0 Å². The monoisotopic (exact) mass is 273 g/mol. The lowest BCUT2D eigenvalue weighted by Gasteiger charge is -2.14. The Labute approximate surface area is 79.3 Å². The Morgan fingerprint density at radius 1 is 1.00 bits per heavy atom. The van der Waals surface area contributed by atoms with Gasteiger partial charge < -0.3 is 19.6 Å². The fourth-order valence-corrected chi connectivity index (χ4v) is 3.00. The van der Waals surface area contributed by atoms with E-state index in [4.69, 9.17) is 20.9 Å². The maximum Gasteiger partial charge on any atom is 0.490 e. The molecular formula is CH7O10P3. The van der Waals surface area contributed by atoms with E-state index in [-0.39, 0.29) is 0 Å². The number of rotatable bonds is 5. The van der Waals surface area contributed by atoms with E-state index in [9.17, 15) is 13.7 Å². The Morgan fingerprint density at radius 2 is 1.50 bits per heavy atom. The lowest BCUT2D eigenvalue weighted by atomic mass is 11.8. The van der Waals surface area contributed by atoms with Gasteiger partial charge in [-0.15, -0.1) is 0 Å². The van der Waals surface area contributed by atoms with Crippen molar-refractivity contribution in [2.45, 2.75) is 0 Å². The molecule has 0 aromatic carbocycles. The van der Waals surface area contributed by atoms with Gasteiger partial charge >= 0.3 is 23.5 Å². The summed E-state index contributed by atoms with van der Waals surface area (Å²) in [5, 5.41) is 0. The standard InChI is InChI=1S/CH7O10P3/c1-9-13(5,6)11-14(7,8)10-12(2,3)4/h1H3,(H,5,6)(H,7,8)(H2,2,3,4)/i1D. The van der Waals surface area contributed by atoms with Gasteiger partial charge in [-0.3, -0.25) is 4.52 Å². The van der Waals surface area contributed by atoms with E-state index in [2.05, 4.69) is 13.1 Å². The van der Waals surface area contributed by atoms with E-state index >= 15 is 0 Å². The normalized spacial score (nSPS) is 22.1. The summed E-state index contributed by atoms with van der Waals surface area (Å²) >= 11 is 0. The quantitative estimate of drug-likeness (QED) is 0.500.